The quantitative estimate of drug-likeness (QED) is 0.223. The van der Waals surface area contributed by atoms with Crippen LogP contribution in [0, 0.1) is 24.4 Å². The molecule has 1 aliphatic heterocycles. The molecular weight excluding hydrogens is 575 g/mol. The summed E-state index contributed by atoms with van der Waals surface area (Å²) >= 11 is 0. The number of hydrogen-bond acceptors (Lipinski definition) is 6. The predicted molar refractivity (Wildman–Crippen MR) is 155 cm³/mol. The molecule has 5 aromatic rings. The van der Waals surface area contributed by atoms with E-state index in [0.717, 1.165) is 17.7 Å². The minimum atomic E-state index is -1.09. The summed E-state index contributed by atoms with van der Waals surface area (Å²) < 4.78 is 64.1. The molecule has 0 amide bonds. The molecule has 1 fully saturated rings. The molecule has 0 spiro atoms. The lowest BCUT2D eigenvalue weighted by Crippen LogP contribution is -2.21. The molecule has 1 aliphatic rings. The van der Waals surface area contributed by atoms with Gasteiger partial charge >= 0.3 is 5.97 Å². The molecule has 1 N–H and O–H groups in total. The van der Waals surface area contributed by atoms with E-state index in [4.69, 9.17) is 14.2 Å². The molecule has 1 saturated heterocycles. The molecule has 8 nitrogen and oxygen atoms in total. The Balaban J connectivity index is 1.30. The maximum absolute atomic E-state index is 15.6. The minimum absolute atomic E-state index is 0.0546. The first-order valence-electron chi connectivity index (χ1n) is 14.0. The molecule has 0 atom stereocenters. The van der Waals surface area contributed by atoms with Gasteiger partial charge < -0.3 is 23.9 Å². The SMILES string of the molecule is Cc1ccc(COc2cccc(-c3cc(F)c(Cc4nc5ccc(C(=O)O)cc5n4C4COCCOC4)cc3F)n2)c(F)c1. The van der Waals surface area contributed by atoms with Gasteiger partial charge in [-0.2, -0.15) is 0 Å². The Morgan fingerprint density at radius 2 is 1.70 bits per heavy atom. The van der Waals surface area contributed by atoms with Gasteiger partial charge in [-0.3, -0.25) is 0 Å². The van der Waals surface area contributed by atoms with E-state index in [-0.39, 0.29) is 60.5 Å². The maximum Gasteiger partial charge on any atom is 0.335 e. The third-order valence-corrected chi connectivity index (χ3v) is 7.44. The molecule has 6 rings (SSSR count). The van der Waals surface area contributed by atoms with Crippen LogP contribution in [0.3, 0.4) is 0 Å². The number of carbonyl (C=O) groups is 1. The van der Waals surface area contributed by atoms with Crippen molar-refractivity contribution in [3.05, 3.63) is 112 Å². The van der Waals surface area contributed by atoms with Gasteiger partial charge in [0.15, 0.2) is 0 Å². The van der Waals surface area contributed by atoms with E-state index < -0.39 is 23.4 Å². The highest BCUT2D eigenvalue weighted by Crippen LogP contribution is 2.30. The lowest BCUT2D eigenvalue weighted by molar-refractivity contribution is 0.0697. The first kappa shape index (κ1) is 29.3. The van der Waals surface area contributed by atoms with Crippen molar-refractivity contribution in [1.82, 2.24) is 14.5 Å². The Morgan fingerprint density at radius 3 is 2.45 bits per heavy atom. The Labute approximate surface area is 250 Å². The molecule has 0 radical (unpaired) electrons. The smallest absolute Gasteiger partial charge is 0.335 e. The number of imidazole rings is 1. The van der Waals surface area contributed by atoms with E-state index >= 15 is 8.78 Å². The topological polar surface area (TPSA) is 95.7 Å². The zero-order valence-corrected chi connectivity index (χ0v) is 23.7. The Kier molecular flexibility index (Phi) is 8.32. The van der Waals surface area contributed by atoms with Crippen molar-refractivity contribution in [3.63, 3.8) is 0 Å². The number of ether oxygens (including phenoxy) is 3. The van der Waals surface area contributed by atoms with Gasteiger partial charge in [-0.1, -0.05) is 18.2 Å². The second-order valence-corrected chi connectivity index (χ2v) is 10.6. The standard InChI is InChI=1S/C33H28F3N3O5/c1-19-5-6-21(25(34)11-19)16-44-32-4-2-3-28(38-32)24-15-26(35)22(12-27(24)36)14-31-37-29-8-7-20(33(40)41)13-30(29)39(31)23-17-42-9-10-43-18-23/h2-8,11-13,15,23H,9-10,14,16-18H2,1H3,(H,40,41). The summed E-state index contributed by atoms with van der Waals surface area (Å²) in [6, 6.07) is 15.8. The van der Waals surface area contributed by atoms with E-state index in [1.165, 1.54) is 24.3 Å². The van der Waals surface area contributed by atoms with E-state index in [0.29, 0.717) is 35.6 Å². The number of benzene rings is 3. The molecule has 11 heteroatoms. The van der Waals surface area contributed by atoms with E-state index in [1.807, 2.05) is 0 Å². The highest BCUT2D eigenvalue weighted by molar-refractivity contribution is 5.92. The summed E-state index contributed by atoms with van der Waals surface area (Å²) in [5, 5.41) is 9.54. The van der Waals surface area contributed by atoms with Gasteiger partial charge in [0.25, 0.3) is 0 Å². The highest BCUT2D eigenvalue weighted by Gasteiger charge is 2.24. The summed E-state index contributed by atoms with van der Waals surface area (Å²) in [5.74, 6) is -2.33. The predicted octanol–water partition coefficient (Wildman–Crippen LogP) is 6.28. The lowest BCUT2D eigenvalue weighted by Gasteiger charge is -2.19. The number of pyridine rings is 1. The summed E-state index contributed by atoms with van der Waals surface area (Å²) in [6.45, 7) is 3.09. The number of rotatable bonds is 8. The van der Waals surface area contributed by atoms with Gasteiger partial charge in [-0.25, -0.2) is 27.9 Å². The fraction of sp³-hybridized carbons (Fsp3) is 0.242. The summed E-state index contributed by atoms with van der Waals surface area (Å²) in [6.07, 6.45) is -0.0741. The van der Waals surface area contributed by atoms with Crippen molar-refractivity contribution in [3.8, 4) is 17.1 Å². The average Bonchev–Trinajstić information content (AvgIpc) is 3.15. The second-order valence-electron chi connectivity index (χ2n) is 10.6. The lowest BCUT2D eigenvalue weighted by atomic mass is 10.0. The van der Waals surface area contributed by atoms with Gasteiger partial charge in [0.1, 0.15) is 29.9 Å². The van der Waals surface area contributed by atoms with Crippen LogP contribution in [-0.4, -0.2) is 52.0 Å². The molecule has 0 unspecified atom stereocenters. The Bertz CT molecular complexity index is 1850. The monoisotopic (exact) mass is 603 g/mol. The van der Waals surface area contributed by atoms with Crippen LogP contribution in [-0.2, 0) is 22.5 Å². The number of nitrogens with zero attached hydrogens (tertiary/aromatic N) is 3. The Hall–Kier alpha value is -4.74. The largest absolute Gasteiger partial charge is 0.478 e. The maximum atomic E-state index is 15.6. The summed E-state index contributed by atoms with van der Waals surface area (Å²) in [5.41, 5.74) is 2.38. The minimum Gasteiger partial charge on any atom is -0.478 e. The molecule has 3 aromatic carbocycles. The third-order valence-electron chi connectivity index (χ3n) is 7.44. The van der Waals surface area contributed by atoms with Crippen molar-refractivity contribution < 1.29 is 37.3 Å². The van der Waals surface area contributed by atoms with Gasteiger partial charge in [0, 0.05) is 23.6 Å². The normalized spacial score (nSPS) is 14.1. The first-order chi connectivity index (χ1) is 21.3. The Morgan fingerprint density at radius 1 is 0.932 bits per heavy atom. The summed E-state index contributed by atoms with van der Waals surface area (Å²) in [4.78, 5) is 20.6. The fourth-order valence-electron chi connectivity index (χ4n) is 5.22. The van der Waals surface area contributed by atoms with Crippen LogP contribution in [0.4, 0.5) is 13.2 Å². The van der Waals surface area contributed by atoms with Gasteiger partial charge in [-0.15, -0.1) is 0 Å². The van der Waals surface area contributed by atoms with Crippen LogP contribution < -0.4 is 4.74 Å². The number of aromatic nitrogens is 3. The van der Waals surface area contributed by atoms with Crippen molar-refractivity contribution in [2.45, 2.75) is 26.0 Å². The van der Waals surface area contributed by atoms with E-state index in [9.17, 15) is 14.3 Å². The van der Waals surface area contributed by atoms with Gasteiger partial charge in [0.2, 0.25) is 5.88 Å². The number of halogens is 3. The number of fused-ring (bicyclic) bond motifs is 1. The molecule has 3 heterocycles. The number of aromatic carboxylic acids is 1. The molecule has 226 valence electrons. The van der Waals surface area contributed by atoms with Crippen molar-refractivity contribution in [2.24, 2.45) is 0 Å². The van der Waals surface area contributed by atoms with Crippen molar-refractivity contribution >= 4 is 17.0 Å². The zero-order chi connectivity index (χ0) is 30.8. The second kappa shape index (κ2) is 12.5. The fourth-order valence-corrected chi connectivity index (χ4v) is 5.22. The van der Waals surface area contributed by atoms with Crippen LogP contribution in [0.2, 0.25) is 0 Å². The van der Waals surface area contributed by atoms with Crippen LogP contribution in [0.25, 0.3) is 22.3 Å². The number of carboxylic acids is 1. The number of aryl methyl sites for hydroxylation is 1. The molecular formula is C33H28F3N3O5. The molecule has 2 aromatic heterocycles. The van der Waals surface area contributed by atoms with Crippen molar-refractivity contribution in [2.75, 3.05) is 26.4 Å². The average molecular weight is 604 g/mol. The highest BCUT2D eigenvalue weighted by atomic mass is 19.1. The van der Waals surface area contributed by atoms with Crippen molar-refractivity contribution in [1.29, 1.82) is 0 Å². The summed E-state index contributed by atoms with van der Waals surface area (Å²) in [7, 11) is 0. The molecule has 0 saturated carbocycles. The van der Waals surface area contributed by atoms with Crippen LogP contribution >= 0.6 is 0 Å². The van der Waals surface area contributed by atoms with Crippen LogP contribution in [0.1, 0.15) is 38.9 Å². The third kappa shape index (κ3) is 6.15. The molecule has 44 heavy (non-hydrogen) atoms. The van der Waals surface area contributed by atoms with Gasteiger partial charge in [0.05, 0.1) is 54.8 Å². The molecule has 0 bridgehead atoms. The number of carboxylic acid groups (broad SMARTS) is 1. The van der Waals surface area contributed by atoms with Crippen LogP contribution in [0.15, 0.2) is 66.7 Å². The first-order valence-corrected chi connectivity index (χ1v) is 14.0. The van der Waals surface area contributed by atoms with Gasteiger partial charge in [-0.05, 0) is 60.5 Å². The molecule has 0 aliphatic carbocycles. The van der Waals surface area contributed by atoms with E-state index in [1.54, 1.807) is 41.8 Å². The zero-order valence-electron chi connectivity index (χ0n) is 23.7. The van der Waals surface area contributed by atoms with Crippen LogP contribution in [0.5, 0.6) is 5.88 Å². The van der Waals surface area contributed by atoms with E-state index in [2.05, 4.69) is 9.97 Å². The number of hydrogen-bond donors (Lipinski definition) is 1.